The van der Waals surface area contributed by atoms with Crippen molar-refractivity contribution in [3.05, 3.63) is 34.4 Å². The molecule has 1 saturated carbocycles. The monoisotopic (exact) mass is 249 g/mol. The normalized spacial score (nSPS) is 18.3. The number of benzene rings is 1. The van der Waals surface area contributed by atoms with Crippen molar-refractivity contribution in [3.63, 3.8) is 0 Å². The van der Waals surface area contributed by atoms with E-state index in [4.69, 9.17) is 4.74 Å². The van der Waals surface area contributed by atoms with Gasteiger partial charge in [0.25, 0.3) is 5.69 Å². The number of hydrogen-bond acceptors (Lipinski definition) is 3. The summed E-state index contributed by atoms with van der Waals surface area (Å²) in [5, 5.41) is 10.5. The van der Waals surface area contributed by atoms with Gasteiger partial charge in [-0.3, -0.25) is 10.1 Å². The molecule has 2 rings (SSSR count). The summed E-state index contributed by atoms with van der Waals surface area (Å²) >= 11 is 0. The van der Waals surface area contributed by atoms with Crippen LogP contribution in [-0.2, 0) is 0 Å². The molecule has 0 atom stereocenters. The Bertz CT molecular complexity index is 408. The van der Waals surface area contributed by atoms with Crippen molar-refractivity contribution in [1.29, 1.82) is 0 Å². The Balaban J connectivity index is 1.91. The van der Waals surface area contributed by atoms with Crippen molar-refractivity contribution in [2.45, 2.75) is 39.0 Å². The van der Waals surface area contributed by atoms with E-state index in [-0.39, 0.29) is 11.1 Å². The van der Waals surface area contributed by atoms with Crippen LogP contribution in [0.25, 0.3) is 0 Å². The molecule has 0 heterocycles. The highest BCUT2D eigenvalue weighted by Gasteiger charge is 2.27. The summed E-state index contributed by atoms with van der Waals surface area (Å²) in [5.41, 5.74) is 0.367. The van der Waals surface area contributed by atoms with Crippen LogP contribution in [0.2, 0.25) is 0 Å². The highest BCUT2D eigenvalue weighted by Crippen LogP contribution is 2.36. The molecule has 0 spiro atoms. The van der Waals surface area contributed by atoms with Crippen molar-refractivity contribution < 1.29 is 9.66 Å². The molecular weight excluding hydrogens is 230 g/mol. The lowest BCUT2D eigenvalue weighted by Gasteiger charge is -2.33. The van der Waals surface area contributed by atoms with Crippen LogP contribution >= 0.6 is 0 Å². The number of ether oxygens (including phenoxy) is 1. The molecule has 1 aromatic carbocycles. The second-order valence-electron chi connectivity index (χ2n) is 5.41. The molecule has 1 fully saturated rings. The number of nitro groups is 1. The summed E-state index contributed by atoms with van der Waals surface area (Å²) < 4.78 is 5.76. The smallest absolute Gasteiger partial charge is 0.269 e. The van der Waals surface area contributed by atoms with Crippen LogP contribution in [0, 0.1) is 15.5 Å². The van der Waals surface area contributed by atoms with E-state index in [2.05, 4.69) is 6.92 Å². The summed E-state index contributed by atoms with van der Waals surface area (Å²) in [7, 11) is 0. The SMILES string of the molecule is CC1(COc2ccc([N+](=O)[O-])cc2)CCCCC1. The first-order chi connectivity index (χ1) is 8.59. The van der Waals surface area contributed by atoms with Crippen molar-refractivity contribution in [1.82, 2.24) is 0 Å². The van der Waals surface area contributed by atoms with Gasteiger partial charge in [0.1, 0.15) is 5.75 Å². The van der Waals surface area contributed by atoms with Gasteiger partial charge in [0.05, 0.1) is 11.5 Å². The second-order valence-corrected chi connectivity index (χ2v) is 5.41. The van der Waals surface area contributed by atoms with E-state index in [0.717, 1.165) is 0 Å². The van der Waals surface area contributed by atoms with Crippen molar-refractivity contribution in [3.8, 4) is 5.75 Å². The fourth-order valence-corrected chi connectivity index (χ4v) is 2.47. The molecule has 1 aliphatic carbocycles. The summed E-state index contributed by atoms with van der Waals surface area (Å²) in [5.74, 6) is 0.715. The third kappa shape index (κ3) is 3.22. The lowest BCUT2D eigenvalue weighted by Crippen LogP contribution is -2.27. The highest BCUT2D eigenvalue weighted by atomic mass is 16.6. The zero-order valence-electron chi connectivity index (χ0n) is 10.7. The first-order valence-corrected chi connectivity index (χ1v) is 6.46. The molecular formula is C14H19NO3. The van der Waals surface area contributed by atoms with Crippen LogP contribution in [0.1, 0.15) is 39.0 Å². The number of non-ortho nitro benzene ring substituents is 1. The van der Waals surface area contributed by atoms with E-state index in [9.17, 15) is 10.1 Å². The maximum Gasteiger partial charge on any atom is 0.269 e. The molecule has 0 saturated heterocycles. The molecule has 0 aromatic heterocycles. The predicted octanol–water partition coefficient (Wildman–Crippen LogP) is 3.94. The fraction of sp³-hybridized carbons (Fsp3) is 0.571. The zero-order valence-corrected chi connectivity index (χ0v) is 10.7. The summed E-state index contributed by atoms with van der Waals surface area (Å²) in [6.45, 7) is 2.96. The molecule has 1 aliphatic rings. The Labute approximate surface area is 107 Å². The van der Waals surface area contributed by atoms with E-state index >= 15 is 0 Å². The molecule has 1 aromatic rings. The van der Waals surface area contributed by atoms with E-state index in [1.807, 2.05) is 0 Å². The Kier molecular flexibility index (Phi) is 3.84. The van der Waals surface area contributed by atoms with Crippen molar-refractivity contribution >= 4 is 5.69 Å². The van der Waals surface area contributed by atoms with Crippen molar-refractivity contribution in [2.75, 3.05) is 6.61 Å². The minimum atomic E-state index is -0.397. The van der Waals surface area contributed by atoms with Gasteiger partial charge in [0.2, 0.25) is 0 Å². The number of hydrogen-bond donors (Lipinski definition) is 0. The first-order valence-electron chi connectivity index (χ1n) is 6.46. The second kappa shape index (κ2) is 5.38. The van der Waals surface area contributed by atoms with E-state index in [1.165, 1.54) is 44.2 Å². The molecule has 0 radical (unpaired) electrons. The van der Waals surface area contributed by atoms with Gasteiger partial charge in [-0.05, 0) is 25.0 Å². The summed E-state index contributed by atoms with van der Waals surface area (Å²) in [4.78, 5) is 10.1. The van der Waals surface area contributed by atoms with Gasteiger partial charge in [0.15, 0.2) is 0 Å². The van der Waals surface area contributed by atoms with E-state index < -0.39 is 4.92 Å². The number of nitrogens with zero attached hydrogens (tertiary/aromatic N) is 1. The minimum absolute atomic E-state index is 0.103. The van der Waals surface area contributed by atoms with Gasteiger partial charge in [0, 0.05) is 17.5 Å². The lowest BCUT2D eigenvalue weighted by molar-refractivity contribution is -0.384. The van der Waals surface area contributed by atoms with E-state index in [0.29, 0.717) is 12.4 Å². The Hall–Kier alpha value is -1.58. The standard InChI is InChI=1S/C14H19NO3/c1-14(9-3-2-4-10-14)11-18-13-7-5-12(6-8-13)15(16)17/h5-8H,2-4,9-11H2,1H3. The van der Waals surface area contributed by atoms with Crippen LogP contribution in [0.15, 0.2) is 24.3 Å². The molecule has 0 N–H and O–H groups in total. The maximum atomic E-state index is 10.5. The maximum absolute atomic E-state index is 10.5. The average Bonchev–Trinajstić information content (AvgIpc) is 2.38. The fourth-order valence-electron chi connectivity index (χ4n) is 2.47. The molecule has 0 aliphatic heterocycles. The average molecular weight is 249 g/mol. The van der Waals surface area contributed by atoms with Gasteiger partial charge < -0.3 is 4.74 Å². The third-order valence-corrected chi connectivity index (χ3v) is 3.70. The van der Waals surface area contributed by atoms with Crippen LogP contribution in [0.3, 0.4) is 0 Å². The van der Waals surface area contributed by atoms with Gasteiger partial charge in [-0.25, -0.2) is 0 Å². The largest absolute Gasteiger partial charge is 0.493 e. The Morgan fingerprint density at radius 2 is 1.83 bits per heavy atom. The Morgan fingerprint density at radius 3 is 2.39 bits per heavy atom. The topological polar surface area (TPSA) is 52.4 Å². The number of rotatable bonds is 4. The summed E-state index contributed by atoms with van der Waals surface area (Å²) in [6, 6.07) is 6.31. The van der Waals surface area contributed by atoms with Gasteiger partial charge in [-0.1, -0.05) is 26.2 Å². The molecule has 0 amide bonds. The molecule has 0 bridgehead atoms. The van der Waals surface area contributed by atoms with Gasteiger partial charge >= 0.3 is 0 Å². The zero-order chi connectivity index (χ0) is 13.0. The third-order valence-electron chi connectivity index (χ3n) is 3.70. The van der Waals surface area contributed by atoms with Crippen LogP contribution < -0.4 is 4.74 Å². The van der Waals surface area contributed by atoms with Crippen LogP contribution in [0.5, 0.6) is 5.75 Å². The number of nitro benzene ring substituents is 1. The lowest BCUT2D eigenvalue weighted by atomic mass is 9.76. The van der Waals surface area contributed by atoms with E-state index in [1.54, 1.807) is 12.1 Å². The Morgan fingerprint density at radius 1 is 1.22 bits per heavy atom. The van der Waals surface area contributed by atoms with Gasteiger partial charge in [-0.15, -0.1) is 0 Å². The van der Waals surface area contributed by atoms with Gasteiger partial charge in [-0.2, -0.15) is 0 Å². The predicted molar refractivity (Wildman–Crippen MR) is 69.8 cm³/mol. The molecule has 4 nitrogen and oxygen atoms in total. The quantitative estimate of drug-likeness (QED) is 0.599. The molecule has 4 heteroatoms. The summed E-state index contributed by atoms with van der Waals surface area (Å²) in [6.07, 6.45) is 6.30. The highest BCUT2D eigenvalue weighted by molar-refractivity contribution is 5.35. The van der Waals surface area contributed by atoms with Crippen LogP contribution in [0.4, 0.5) is 5.69 Å². The molecule has 98 valence electrons. The van der Waals surface area contributed by atoms with Crippen LogP contribution in [-0.4, -0.2) is 11.5 Å². The molecule has 18 heavy (non-hydrogen) atoms. The molecule has 0 unspecified atom stereocenters. The first kappa shape index (κ1) is 12.9. The van der Waals surface area contributed by atoms with Crippen molar-refractivity contribution in [2.24, 2.45) is 5.41 Å². The minimum Gasteiger partial charge on any atom is -0.493 e.